The van der Waals surface area contributed by atoms with Gasteiger partial charge in [-0.05, 0) is 19.1 Å². The van der Waals surface area contributed by atoms with Crippen molar-refractivity contribution in [3.8, 4) is 5.69 Å². The molecule has 0 spiro atoms. The molecule has 0 unspecified atom stereocenters. The fraction of sp³-hybridized carbons (Fsp3) is 0.133. The molecule has 3 heterocycles. The van der Waals surface area contributed by atoms with Crippen molar-refractivity contribution in [2.24, 2.45) is 0 Å². The van der Waals surface area contributed by atoms with Crippen molar-refractivity contribution in [3.63, 3.8) is 0 Å². The molecule has 0 aliphatic heterocycles. The Hall–Kier alpha value is -2.87. The van der Waals surface area contributed by atoms with Gasteiger partial charge >= 0.3 is 0 Å². The molecule has 3 aromatic heterocycles. The third kappa shape index (κ3) is 2.42. The summed E-state index contributed by atoms with van der Waals surface area (Å²) in [6, 6.07) is 9.49. The van der Waals surface area contributed by atoms with E-state index in [0.717, 1.165) is 16.4 Å². The van der Waals surface area contributed by atoms with Gasteiger partial charge < -0.3 is 0 Å². The Bertz CT molecular complexity index is 1030. The molecular weight excluding hydrogens is 312 g/mol. The van der Waals surface area contributed by atoms with Gasteiger partial charge in [0.2, 0.25) is 0 Å². The molecule has 4 aromatic rings. The highest BCUT2D eigenvalue weighted by molar-refractivity contribution is 7.09. The normalized spacial score (nSPS) is 11.2. The van der Waals surface area contributed by atoms with Crippen LogP contribution in [0, 0.1) is 6.92 Å². The summed E-state index contributed by atoms with van der Waals surface area (Å²) >= 11 is 1.52. The summed E-state index contributed by atoms with van der Waals surface area (Å²) in [7, 11) is 0. The lowest BCUT2D eigenvalue weighted by molar-refractivity contribution is 0.738. The zero-order valence-electron chi connectivity index (χ0n) is 12.2. The largest absolute Gasteiger partial charge is 0.290 e. The van der Waals surface area contributed by atoms with E-state index in [2.05, 4.69) is 20.3 Å². The molecule has 0 aliphatic carbocycles. The number of fused-ring (bicyclic) bond motifs is 1. The van der Waals surface area contributed by atoms with Gasteiger partial charge in [0.1, 0.15) is 11.3 Å². The molecule has 0 fully saturated rings. The fourth-order valence-corrected chi connectivity index (χ4v) is 3.09. The number of rotatable bonds is 3. The van der Waals surface area contributed by atoms with E-state index in [0.29, 0.717) is 12.2 Å². The van der Waals surface area contributed by atoms with Crippen LogP contribution in [-0.4, -0.2) is 29.5 Å². The second-order valence-electron chi connectivity index (χ2n) is 5.07. The molecule has 114 valence electrons. The molecule has 0 saturated heterocycles. The first-order valence-electron chi connectivity index (χ1n) is 6.99. The predicted molar refractivity (Wildman–Crippen MR) is 86.9 cm³/mol. The maximum absolute atomic E-state index is 12.6. The van der Waals surface area contributed by atoms with E-state index in [-0.39, 0.29) is 11.1 Å². The van der Waals surface area contributed by atoms with E-state index in [9.17, 15) is 4.79 Å². The van der Waals surface area contributed by atoms with Crippen molar-refractivity contribution in [1.29, 1.82) is 0 Å². The SMILES string of the molecule is Cc1csc(Cn2cnc3c(nnn3-c3ccccc3)c2=O)n1. The van der Waals surface area contributed by atoms with Gasteiger partial charge in [-0.15, -0.1) is 16.4 Å². The highest BCUT2D eigenvalue weighted by Crippen LogP contribution is 2.12. The smallest absolute Gasteiger partial charge is 0.283 e. The predicted octanol–water partition coefficient (Wildman–Crippen LogP) is 1.79. The molecule has 8 heteroatoms. The van der Waals surface area contributed by atoms with Crippen molar-refractivity contribution >= 4 is 22.5 Å². The fourth-order valence-electron chi connectivity index (χ4n) is 2.32. The average Bonchev–Trinajstić information content (AvgIpc) is 3.17. The van der Waals surface area contributed by atoms with Crippen molar-refractivity contribution in [1.82, 2.24) is 29.5 Å². The van der Waals surface area contributed by atoms with Crippen LogP contribution in [0.2, 0.25) is 0 Å². The van der Waals surface area contributed by atoms with Crippen molar-refractivity contribution in [2.75, 3.05) is 0 Å². The van der Waals surface area contributed by atoms with Crippen LogP contribution >= 0.6 is 11.3 Å². The zero-order chi connectivity index (χ0) is 15.8. The molecule has 1 aromatic carbocycles. The van der Waals surface area contributed by atoms with E-state index in [1.807, 2.05) is 42.6 Å². The lowest BCUT2D eigenvalue weighted by Crippen LogP contribution is -2.21. The van der Waals surface area contributed by atoms with Gasteiger partial charge in [0, 0.05) is 11.1 Å². The minimum atomic E-state index is -0.218. The molecule has 0 aliphatic rings. The minimum absolute atomic E-state index is 0.218. The highest BCUT2D eigenvalue weighted by Gasteiger charge is 2.13. The first-order chi connectivity index (χ1) is 11.2. The minimum Gasteiger partial charge on any atom is -0.290 e. The van der Waals surface area contributed by atoms with Crippen LogP contribution in [0.3, 0.4) is 0 Å². The van der Waals surface area contributed by atoms with Gasteiger partial charge in [0.05, 0.1) is 12.2 Å². The second-order valence-corrected chi connectivity index (χ2v) is 6.01. The van der Waals surface area contributed by atoms with Crippen LogP contribution < -0.4 is 5.56 Å². The van der Waals surface area contributed by atoms with E-state index in [1.165, 1.54) is 22.2 Å². The number of hydrogen-bond acceptors (Lipinski definition) is 6. The Morgan fingerprint density at radius 3 is 2.78 bits per heavy atom. The highest BCUT2D eigenvalue weighted by atomic mass is 32.1. The van der Waals surface area contributed by atoms with E-state index in [4.69, 9.17) is 0 Å². The molecular formula is C15H12N6OS. The Morgan fingerprint density at radius 1 is 1.22 bits per heavy atom. The van der Waals surface area contributed by atoms with Gasteiger partial charge in [-0.1, -0.05) is 23.4 Å². The Labute approximate surface area is 134 Å². The molecule has 0 N–H and O–H groups in total. The Kier molecular flexibility index (Phi) is 3.23. The van der Waals surface area contributed by atoms with E-state index in [1.54, 1.807) is 4.68 Å². The monoisotopic (exact) mass is 324 g/mol. The maximum atomic E-state index is 12.6. The lowest BCUT2D eigenvalue weighted by Gasteiger charge is -2.03. The van der Waals surface area contributed by atoms with Crippen LogP contribution in [0.5, 0.6) is 0 Å². The number of aryl methyl sites for hydroxylation is 1. The molecule has 23 heavy (non-hydrogen) atoms. The number of thiazole rings is 1. The molecule has 0 saturated carbocycles. The first kappa shape index (κ1) is 13.8. The van der Waals surface area contributed by atoms with Crippen LogP contribution in [-0.2, 0) is 6.54 Å². The third-order valence-electron chi connectivity index (χ3n) is 3.40. The van der Waals surface area contributed by atoms with Crippen LogP contribution in [0.1, 0.15) is 10.7 Å². The van der Waals surface area contributed by atoms with Gasteiger partial charge in [0.15, 0.2) is 11.2 Å². The van der Waals surface area contributed by atoms with Gasteiger partial charge in [-0.2, -0.15) is 4.68 Å². The summed E-state index contributed by atoms with van der Waals surface area (Å²) in [6.45, 7) is 2.31. The number of hydrogen-bond donors (Lipinski definition) is 0. The van der Waals surface area contributed by atoms with E-state index >= 15 is 0 Å². The van der Waals surface area contributed by atoms with Gasteiger partial charge in [-0.3, -0.25) is 9.36 Å². The van der Waals surface area contributed by atoms with E-state index < -0.39 is 0 Å². The number of para-hydroxylation sites is 1. The standard InChI is InChI=1S/C15H12N6OS/c1-10-8-23-12(17-10)7-20-9-16-14-13(15(20)22)18-19-21(14)11-5-3-2-4-6-11/h2-6,8-9H,7H2,1H3. The van der Waals surface area contributed by atoms with Crippen LogP contribution in [0.15, 0.2) is 46.8 Å². The summed E-state index contributed by atoms with van der Waals surface area (Å²) in [4.78, 5) is 21.3. The lowest BCUT2D eigenvalue weighted by atomic mass is 10.3. The molecule has 4 rings (SSSR count). The van der Waals surface area contributed by atoms with Crippen molar-refractivity contribution < 1.29 is 0 Å². The number of nitrogens with zero attached hydrogens (tertiary/aromatic N) is 6. The maximum Gasteiger partial charge on any atom is 0.283 e. The summed E-state index contributed by atoms with van der Waals surface area (Å²) in [5.41, 5.74) is 2.25. The summed E-state index contributed by atoms with van der Waals surface area (Å²) in [6.07, 6.45) is 1.52. The van der Waals surface area contributed by atoms with Gasteiger partial charge in [0.25, 0.3) is 5.56 Å². The summed E-state index contributed by atoms with van der Waals surface area (Å²) in [5, 5.41) is 10.9. The average molecular weight is 324 g/mol. The molecule has 7 nitrogen and oxygen atoms in total. The third-order valence-corrected chi connectivity index (χ3v) is 4.35. The van der Waals surface area contributed by atoms with Crippen molar-refractivity contribution in [3.05, 3.63) is 63.1 Å². The quantitative estimate of drug-likeness (QED) is 0.574. The first-order valence-corrected chi connectivity index (χ1v) is 7.87. The molecule has 0 bridgehead atoms. The Balaban J connectivity index is 1.79. The number of aromatic nitrogens is 6. The van der Waals surface area contributed by atoms with Gasteiger partial charge in [-0.25, -0.2) is 9.97 Å². The molecule has 0 amide bonds. The summed E-state index contributed by atoms with van der Waals surface area (Å²) < 4.78 is 3.07. The van der Waals surface area contributed by atoms with Crippen LogP contribution in [0.4, 0.5) is 0 Å². The zero-order valence-corrected chi connectivity index (χ0v) is 13.1. The van der Waals surface area contributed by atoms with Crippen LogP contribution in [0.25, 0.3) is 16.9 Å². The molecule has 0 radical (unpaired) electrons. The summed E-state index contributed by atoms with van der Waals surface area (Å²) in [5.74, 6) is 0. The second kappa shape index (κ2) is 5.40. The van der Waals surface area contributed by atoms with Crippen molar-refractivity contribution in [2.45, 2.75) is 13.5 Å². The topological polar surface area (TPSA) is 78.5 Å². The Morgan fingerprint density at radius 2 is 2.04 bits per heavy atom. The number of benzene rings is 1. The molecule has 0 atom stereocenters.